The van der Waals surface area contributed by atoms with Crippen molar-refractivity contribution < 1.29 is 0 Å². The van der Waals surface area contributed by atoms with Crippen LogP contribution in [0.2, 0.25) is 0 Å². The van der Waals surface area contributed by atoms with Crippen molar-refractivity contribution in [1.29, 1.82) is 0 Å². The Labute approximate surface area is 77.1 Å². The molecule has 0 bridgehead atoms. The lowest BCUT2D eigenvalue weighted by Crippen LogP contribution is -2.30. The van der Waals surface area contributed by atoms with Crippen LogP contribution in [0.15, 0.2) is 0 Å². The van der Waals surface area contributed by atoms with Crippen molar-refractivity contribution in [3.63, 3.8) is 0 Å². The average Bonchev–Trinajstić information content (AvgIpc) is 2.00. The molecular formula is C10H24N2. The second-order valence-electron chi connectivity index (χ2n) is 3.93. The molecule has 0 spiro atoms. The van der Waals surface area contributed by atoms with E-state index in [1.807, 2.05) is 7.05 Å². The van der Waals surface area contributed by atoms with E-state index in [0.29, 0.717) is 6.04 Å². The maximum absolute atomic E-state index is 3.51. The van der Waals surface area contributed by atoms with Crippen molar-refractivity contribution in [2.45, 2.75) is 39.7 Å². The molecule has 0 rings (SSSR count). The van der Waals surface area contributed by atoms with Gasteiger partial charge in [-0.2, -0.15) is 0 Å². The van der Waals surface area contributed by atoms with Crippen molar-refractivity contribution in [2.75, 3.05) is 20.1 Å². The van der Waals surface area contributed by atoms with E-state index < -0.39 is 0 Å². The minimum absolute atomic E-state index is 0.649. The second-order valence-corrected chi connectivity index (χ2v) is 3.93. The fourth-order valence-corrected chi connectivity index (χ4v) is 1.08. The first-order valence-corrected chi connectivity index (χ1v) is 5.04. The molecule has 0 aromatic carbocycles. The van der Waals surface area contributed by atoms with Crippen molar-refractivity contribution in [2.24, 2.45) is 5.92 Å². The molecule has 2 heteroatoms. The molecule has 1 atom stereocenters. The lowest BCUT2D eigenvalue weighted by atomic mass is 10.1. The Bertz CT molecular complexity index is 91.8. The van der Waals surface area contributed by atoms with Gasteiger partial charge < -0.3 is 10.6 Å². The topological polar surface area (TPSA) is 24.1 Å². The molecule has 2 nitrogen and oxygen atoms in total. The number of rotatable bonds is 7. The van der Waals surface area contributed by atoms with Gasteiger partial charge in [-0.25, -0.2) is 0 Å². The first-order chi connectivity index (χ1) is 5.66. The highest BCUT2D eigenvalue weighted by atomic mass is 14.9. The van der Waals surface area contributed by atoms with Crippen molar-refractivity contribution in [3.05, 3.63) is 0 Å². The van der Waals surface area contributed by atoms with Crippen LogP contribution in [0.1, 0.15) is 33.6 Å². The van der Waals surface area contributed by atoms with Crippen LogP contribution < -0.4 is 10.6 Å². The van der Waals surface area contributed by atoms with E-state index in [-0.39, 0.29) is 0 Å². The van der Waals surface area contributed by atoms with Gasteiger partial charge in [0, 0.05) is 6.04 Å². The molecule has 2 N–H and O–H groups in total. The van der Waals surface area contributed by atoms with Crippen LogP contribution in [-0.2, 0) is 0 Å². The molecule has 0 aliphatic heterocycles. The summed E-state index contributed by atoms with van der Waals surface area (Å²) in [5.74, 6) is 0.814. The lowest BCUT2D eigenvalue weighted by molar-refractivity contribution is 0.464. The minimum atomic E-state index is 0.649. The predicted molar refractivity (Wildman–Crippen MR) is 55.5 cm³/mol. The zero-order valence-electron chi connectivity index (χ0n) is 8.98. The van der Waals surface area contributed by atoms with Gasteiger partial charge in [0.15, 0.2) is 0 Å². The van der Waals surface area contributed by atoms with Crippen LogP contribution in [0, 0.1) is 5.92 Å². The smallest absolute Gasteiger partial charge is 0.00508 e. The summed E-state index contributed by atoms with van der Waals surface area (Å²) in [6.07, 6.45) is 2.50. The summed E-state index contributed by atoms with van der Waals surface area (Å²) in [5, 5.41) is 6.67. The average molecular weight is 172 g/mol. The minimum Gasteiger partial charge on any atom is -0.320 e. The fraction of sp³-hybridized carbons (Fsp3) is 1.00. The second kappa shape index (κ2) is 7.56. The van der Waals surface area contributed by atoms with Gasteiger partial charge in [-0.3, -0.25) is 0 Å². The number of hydrogen-bond donors (Lipinski definition) is 2. The Morgan fingerprint density at radius 1 is 1.00 bits per heavy atom. The first-order valence-electron chi connectivity index (χ1n) is 5.04. The molecule has 0 saturated carbocycles. The maximum Gasteiger partial charge on any atom is 0.00508 e. The summed E-state index contributed by atoms with van der Waals surface area (Å²) < 4.78 is 0. The lowest BCUT2D eigenvalue weighted by Gasteiger charge is -2.14. The molecule has 0 aromatic heterocycles. The van der Waals surface area contributed by atoms with E-state index >= 15 is 0 Å². The third-order valence-electron chi connectivity index (χ3n) is 2.04. The zero-order valence-corrected chi connectivity index (χ0v) is 8.98. The fourth-order valence-electron chi connectivity index (χ4n) is 1.08. The Morgan fingerprint density at radius 3 is 2.17 bits per heavy atom. The van der Waals surface area contributed by atoms with E-state index in [4.69, 9.17) is 0 Å². The quantitative estimate of drug-likeness (QED) is 0.610. The zero-order chi connectivity index (χ0) is 9.40. The van der Waals surface area contributed by atoms with Gasteiger partial charge in [0.05, 0.1) is 0 Å². The van der Waals surface area contributed by atoms with E-state index in [2.05, 4.69) is 31.4 Å². The Kier molecular flexibility index (Phi) is 7.51. The summed E-state index contributed by atoms with van der Waals surface area (Å²) in [7, 11) is 2.00. The molecule has 0 heterocycles. The van der Waals surface area contributed by atoms with E-state index in [0.717, 1.165) is 19.0 Å². The van der Waals surface area contributed by atoms with Crippen LogP contribution in [0.25, 0.3) is 0 Å². The Balaban J connectivity index is 3.13. The van der Waals surface area contributed by atoms with Crippen LogP contribution in [0.4, 0.5) is 0 Å². The van der Waals surface area contributed by atoms with Crippen LogP contribution >= 0.6 is 0 Å². The normalized spacial score (nSPS) is 13.8. The van der Waals surface area contributed by atoms with Gasteiger partial charge in [-0.05, 0) is 45.8 Å². The molecule has 0 radical (unpaired) electrons. The first kappa shape index (κ1) is 11.9. The Morgan fingerprint density at radius 2 is 1.67 bits per heavy atom. The number of hydrogen-bond acceptors (Lipinski definition) is 2. The highest BCUT2D eigenvalue weighted by Gasteiger charge is 1.99. The third-order valence-corrected chi connectivity index (χ3v) is 2.04. The highest BCUT2D eigenvalue weighted by Crippen LogP contribution is 1.97. The molecule has 0 aliphatic rings. The van der Waals surface area contributed by atoms with Crippen molar-refractivity contribution in [3.8, 4) is 0 Å². The summed E-state index contributed by atoms with van der Waals surface area (Å²) in [4.78, 5) is 0. The molecule has 74 valence electrons. The highest BCUT2D eigenvalue weighted by molar-refractivity contribution is 4.61. The van der Waals surface area contributed by atoms with Crippen LogP contribution in [0.3, 0.4) is 0 Å². The van der Waals surface area contributed by atoms with Gasteiger partial charge >= 0.3 is 0 Å². The van der Waals surface area contributed by atoms with E-state index in [9.17, 15) is 0 Å². The molecule has 1 unspecified atom stereocenters. The van der Waals surface area contributed by atoms with Crippen molar-refractivity contribution in [1.82, 2.24) is 10.6 Å². The summed E-state index contributed by atoms with van der Waals surface area (Å²) in [6, 6.07) is 0.649. The van der Waals surface area contributed by atoms with Crippen LogP contribution in [-0.4, -0.2) is 26.2 Å². The van der Waals surface area contributed by atoms with Gasteiger partial charge in [-0.15, -0.1) is 0 Å². The largest absolute Gasteiger partial charge is 0.320 e. The molecule has 12 heavy (non-hydrogen) atoms. The Hall–Kier alpha value is -0.0800. The standard InChI is InChI=1S/C10H24N2/c1-9(2)5-8-12-10(3)6-7-11-4/h9-12H,5-8H2,1-4H3. The molecule has 0 aromatic rings. The van der Waals surface area contributed by atoms with Crippen molar-refractivity contribution >= 4 is 0 Å². The SMILES string of the molecule is CNCCC(C)NCCC(C)C. The number of nitrogens with one attached hydrogen (secondary N) is 2. The maximum atomic E-state index is 3.51. The molecule has 0 fully saturated rings. The van der Waals surface area contributed by atoms with E-state index in [1.54, 1.807) is 0 Å². The van der Waals surface area contributed by atoms with Gasteiger partial charge in [0.25, 0.3) is 0 Å². The van der Waals surface area contributed by atoms with E-state index in [1.165, 1.54) is 12.8 Å². The molecular weight excluding hydrogens is 148 g/mol. The van der Waals surface area contributed by atoms with Crippen LogP contribution in [0.5, 0.6) is 0 Å². The summed E-state index contributed by atoms with van der Waals surface area (Å²) >= 11 is 0. The molecule has 0 saturated heterocycles. The molecule has 0 aliphatic carbocycles. The summed E-state index contributed by atoms with van der Waals surface area (Å²) in [6.45, 7) is 9.04. The van der Waals surface area contributed by atoms with Gasteiger partial charge in [0.1, 0.15) is 0 Å². The molecule has 0 amide bonds. The third kappa shape index (κ3) is 8.02. The monoisotopic (exact) mass is 172 g/mol. The summed E-state index contributed by atoms with van der Waals surface area (Å²) in [5.41, 5.74) is 0. The van der Waals surface area contributed by atoms with Gasteiger partial charge in [0.2, 0.25) is 0 Å². The van der Waals surface area contributed by atoms with Gasteiger partial charge in [-0.1, -0.05) is 13.8 Å². The predicted octanol–water partition coefficient (Wildman–Crippen LogP) is 1.62.